The Balaban J connectivity index is 1.38. The minimum absolute atomic E-state index is 0.182. The Kier molecular flexibility index (Phi) is 4.30. The quantitative estimate of drug-likeness (QED) is 0.815. The van der Waals surface area contributed by atoms with Crippen molar-refractivity contribution in [3.63, 3.8) is 0 Å². The van der Waals surface area contributed by atoms with Crippen molar-refractivity contribution in [2.24, 2.45) is 5.92 Å². The molecule has 1 N–H and O–H groups in total. The van der Waals surface area contributed by atoms with Crippen LogP contribution >= 0.6 is 0 Å². The van der Waals surface area contributed by atoms with E-state index in [1.54, 1.807) is 4.31 Å². The lowest BCUT2D eigenvalue weighted by molar-refractivity contribution is 0.331. The number of nitrogens with zero attached hydrogens (tertiary/aromatic N) is 4. The summed E-state index contributed by atoms with van der Waals surface area (Å²) in [6.07, 6.45) is 11.9. The molecular formula is C21H29N5O2S. The second-order valence-corrected chi connectivity index (χ2v) is 11.0. The number of fused-ring (bicyclic) bond motifs is 2. The van der Waals surface area contributed by atoms with E-state index in [-0.39, 0.29) is 11.6 Å². The first-order valence-corrected chi connectivity index (χ1v) is 12.4. The molecule has 29 heavy (non-hydrogen) atoms. The molecule has 0 amide bonds. The molecule has 0 bridgehead atoms. The van der Waals surface area contributed by atoms with Gasteiger partial charge in [0.2, 0.25) is 16.0 Å². The third-order valence-electron chi connectivity index (χ3n) is 7.17. The first-order valence-electron chi connectivity index (χ1n) is 10.5. The van der Waals surface area contributed by atoms with E-state index in [4.69, 9.17) is 4.98 Å². The Morgan fingerprint density at radius 1 is 1.28 bits per heavy atom. The summed E-state index contributed by atoms with van der Waals surface area (Å²) in [5.41, 5.74) is 3.50. The van der Waals surface area contributed by atoms with E-state index >= 15 is 0 Å². The molecule has 3 heterocycles. The van der Waals surface area contributed by atoms with Crippen LogP contribution in [0.4, 0.5) is 11.8 Å². The minimum atomic E-state index is -3.11. The highest BCUT2D eigenvalue weighted by Crippen LogP contribution is 2.62. The third kappa shape index (κ3) is 3.17. The number of aromatic nitrogens is 2. The highest BCUT2D eigenvalue weighted by atomic mass is 32.2. The summed E-state index contributed by atoms with van der Waals surface area (Å²) in [5.74, 6) is 2.35. The van der Waals surface area contributed by atoms with E-state index in [9.17, 15) is 8.42 Å². The molecule has 0 radical (unpaired) electrons. The normalized spacial score (nSPS) is 30.0. The number of hydrogen-bond donors (Lipinski definition) is 1. The SMILES string of the molecule is C=C1C(C)=Cc2cnc(NC3CCN(S(C)(=O)=O)CC3)nc2N1C12CCCC1C2. The maximum atomic E-state index is 11.7. The molecule has 2 unspecified atom stereocenters. The van der Waals surface area contributed by atoms with Crippen LogP contribution in [0.3, 0.4) is 0 Å². The summed E-state index contributed by atoms with van der Waals surface area (Å²) >= 11 is 0. The van der Waals surface area contributed by atoms with Gasteiger partial charge in [-0.25, -0.2) is 17.7 Å². The second-order valence-electron chi connectivity index (χ2n) is 9.06. The monoisotopic (exact) mass is 415 g/mol. The van der Waals surface area contributed by atoms with Gasteiger partial charge in [0.05, 0.1) is 6.26 Å². The number of hydrogen-bond acceptors (Lipinski definition) is 6. The Labute approximate surface area is 173 Å². The number of piperidine rings is 1. The highest BCUT2D eigenvalue weighted by molar-refractivity contribution is 7.88. The fraction of sp³-hybridized carbons (Fsp3) is 0.619. The van der Waals surface area contributed by atoms with Gasteiger partial charge in [-0.2, -0.15) is 4.98 Å². The number of rotatable bonds is 4. The Morgan fingerprint density at radius 2 is 2.03 bits per heavy atom. The molecule has 2 saturated carbocycles. The number of sulfonamides is 1. The molecule has 3 fully saturated rings. The van der Waals surface area contributed by atoms with Crippen LogP contribution in [0.2, 0.25) is 0 Å². The molecule has 4 aliphatic rings. The van der Waals surface area contributed by atoms with Gasteiger partial charge in [0.15, 0.2) is 0 Å². The van der Waals surface area contributed by atoms with Crippen LogP contribution in [-0.4, -0.2) is 53.6 Å². The lowest BCUT2D eigenvalue weighted by Gasteiger charge is -2.38. The maximum absolute atomic E-state index is 11.7. The summed E-state index contributed by atoms with van der Waals surface area (Å²) in [5, 5.41) is 3.45. The molecule has 7 nitrogen and oxygen atoms in total. The Morgan fingerprint density at radius 3 is 2.66 bits per heavy atom. The zero-order valence-corrected chi connectivity index (χ0v) is 18.0. The molecular weight excluding hydrogens is 386 g/mol. The van der Waals surface area contributed by atoms with Gasteiger partial charge in [-0.3, -0.25) is 0 Å². The summed E-state index contributed by atoms with van der Waals surface area (Å²) in [6, 6.07) is 0.182. The zero-order valence-electron chi connectivity index (χ0n) is 17.2. The third-order valence-corrected chi connectivity index (χ3v) is 8.47. The molecule has 0 aromatic carbocycles. The van der Waals surface area contributed by atoms with E-state index in [0.717, 1.165) is 35.8 Å². The van der Waals surface area contributed by atoms with E-state index in [1.807, 2.05) is 6.20 Å². The maximum Gasteiger partial charge on any atom is 0.224 e. The van der Waals surface area contributed by atoms with Crippen molar-refractivity contribution in [3.8, 4) is 0 Å². The van der Waals surface area contributed by atoms with Crippen LogP contribution in [0.15, 0.2) is 24.0 Å². The zero-order chi connectivity index (χ0) is 20.4. The van der Waals surface area contributed by atoms with Gasteiger partial charge >= 0.3 is 0 Å². The van der Waals surface area contributed by atoms with Crippen LogP contribution < -0.4 is 10.2 Å². The lowest BCUT2D eigenvalue weighted by Crippen LogP contribution is -2.42. The van der Waals surface area contributed by atoms with Gasteiger partial charge in [0.1, 0.15) is 5.82 Å². The van der Waals surface area contributed by atoms with Gasteiger partial charge in [-0.05, 0) is 56.6 Å². The smallest absolute Gasteiger partial charge is 0.224 e. The van der Waals surface area contributed by atoms with Gasteiger partial charge in [0, 0.05) is 42.1 Å². The van der Waals surface area contributed by atoms with Crippen LogP contribution in [0.1, 0.15) is 51.0 Å². The van der Waals surface area contributed by atoms with Crippen LogP contribution in [0.25, 0.3) is 6.08 Å². The first kappa shape index (κ1) is 19.1. The van der Waals surface area contributed by atoms with Gasteiger partial charge < -0.3 is 10.2 Å². The Hall–Kier alpha value is -1.93. The molecule has 5 rings (SSSR count). The van der Waals surface area contributed by atoms with Crippen molar-refractivity contribution < 1.29 is 8.42 Å². The lowest BCUT2D eigenvalue weighted by atomic mass is 10.0. The predicted molar refractivity (Wildman–Crippen MR) is 115 cm³/mol. The number of anilines is 2. The van der Waals surface area contributed by atoms with Crippen molar-refractivity contribution in [1.82, 2.24) is 14.3 Å². The molecule has 0 spiro atoms. The highest BCUT2D eigenvalue weighted by Gasteiger charge is 2.62. The van der Waals surface area contributed by atoms with Gasteiger partial charge in [-0.15, -0.1) is 0 Å². The van der Waals surface area contributed by atoms with Crippen molar-refractivity contribution in [2.75, 3.05) is 29.6 Å². The topological polar surface area (TPSA) is 78.4 Å². The van der Waals surface area contributed by atoms with Gasteiger partial charge in [-0.1, -0.05) is 13.0 Å². The van der Waals surface area contributed by atoms with Crippen LogP contribution in [0.5, 0.6) is 0 Å². The summed E-state index contributed by atoms with van der Waals surface area (Å²) < 4.78 is 25.0. The average Bonchev–Trinajstić information content (AvgIpc) is 3.22. The van der Waals surface area contributed by atoms with Crippen molar-refractivity contribution in [2.45, 2.75) is 57.0 Å². The first-order chi connectivity index (χ1) is 13.8. The molecule has 2 aliphatic heterocycles. The number of nitrogens with one attached hydrogen (secondary N) is 1. The predicted octanol–water partition coefficient (Wildman–Crippen LogP) is 2.99. The van der Waals surface area contributed by atoms with E-state index in [0.29, 0.717) is 19.0 Å². The van der Waals surface area contributed by atoms with Crippen LogP contribution in [-0.2, 0) is 10.0 Å². The molecule has 2 atom stereocenters. The van der Waals surface area contributed by atoms with E-state index in [2.05, 4.69) is 34.8 Å². The fourth-order valence-corrected chi connectivity index (χ4v) is 6.31. The van der Waals surface area contributed by atoms with Crippen molar-refractivity contribution in [3.05, 3.63) is 29.6 Å². The molecule has 2 aliphatic carbocycles. The molecule has 1 saturated heterocycles. The fourth-order valence-electron chi connectivity index (χ4n) is 5.43. The van der Waals surface area contributed by atoms with Gasteiger partial charge in [0.25, 0.3) is 0 Å². The standard InChI is InChI=1S/C21H29N5O2S/c1-14-11-16-13-22-20(23-18-6-9-25(10-7-18)29(3,27)28)24-19(16)26(15(14)2)21-8-4-5-17(21)12-21/h11,13,17-18H,2,4-10,12H2,1,3H3,(H,22,23,24). The van der Waals surface area contributed by atoms with E-state index in [1.165, 1.54) is 37.5 Å². The van der Waals surface area contributed by atoms with E-state index < -0.39 is 10.0 Å². The summed E-state index contributed by atoms with van der Waals surface area (Å²) in [7, 11) is -3.11. The molecule has 1 aromatic rings. The van der Waals surface area contributed by atoms with Crippen LogP contribution in [0, 0.1) is 5.92 Å². The summed E-state index contributed by atoms with van der Waals surface area (Å²) in [6.45, 7) is 7.57. The van der Waals surface area contributed by atoms with Crippen molar-refractivity contribution in [1.29, 1.82) is 0 Å². The van der Waals surface area contributed by atoms with Crippen molar-refractivity contribution >= 4 is 27.9 Å². The minimum Gasteiger partial charge on any atom is -0.351 e. The molecule has 1 aromatic heterocycles. The largest absolute Gasteiger partial charge is 0.351 e. The molecule has 156 valence electrons. The second kappa shape index (κ2) is 6.54. The Bertz CT molecular complexity index is 996. The number of allylic oxidation sites excluding steroid dienone is 1. The average molecular weight is 416 g/mol. The summed E-state index contributed by atoms with van der Waals surface area (Å²) in [4.78, 5) is 11.9. The molecule has 8 heteroatoms.